The van der Waals surface area contributed by atoms with E-state index in [2.05, 4.69) is 26.1 Å². The molecule has 0 heterocycles. The Kier molecular flexibility index (Phi) is 7.66. The summed E-state index contributed by atoms with van der Waals surface area (Å²) in [7, 11) is 0. The molecule has 0 aromatic rings. The highest BCUT2D eigenvalue weighted by Crippen LogP contribution is 2.68. The molecule has 4 saturated carbocycles. The van der Waals surface area contributed by atoms with Crippen LogP contribution in [0.15, 0.2) is 0 Å². The van der Waals surface area contributed by atoms with E-state index < -0.39 is 12.0 Å². The Morgan fingerprint density at radius 2 is 1.60 bits per heavy atom. The number of hydrogen-bond acceptors (Lipinski definition) is 4. The van der Waals surface area contributed by atoms with Crippen LogP contribution in [0.4, 0.5) is 0 Å². The molecule has 4 N–H and O–H groups in total. The molecule has 4 rings (SSSR count). The lowest BCUT2D eigenvalue weighted by atomic mass is 9.43. The van der Waals surface area contributed by atoms with E-state index in [1.807, 2.05) is 13.8 Å². The Morgan fingerprint density at radius 3 is 2.26 bits per heavy atom. The van der Waals surface area contributed by atoms with Crippen LogP contribution >= 0.6 is 0 Å². The minimum Gasteiger partial charge on any atom is -0.480 e. The molecule has 200 valence electrons. The van der Waals surface area contributed by atoms with Gasteiger partial charge in [0.2, 0.25) is 5.91 Å². The second-order valence-electron chi connectivity index (χ2n) is 13.6. The van der Waals surface area contributed by atoms with E-state index in [0.717, 1.165) is 51.4 Å². The van der Waals surface area contributed by atoms with E-state index in [0.29, 0.717) is 41.9 Å². The lowest BCUT2D eigenvalue weighted by Gasteiger charge is -2.62. The van der Waals surface area contributed by atoms with E-state index in [4.69, 9.17) is 0 Å². The van der Waals surface area contributed by atoms with E-state index >= 15 is 0 Å². The second kappa shape index (κ2) is 9.96. The van der Waals surface area contributed by atoms with Gasteiger partial charge in [0.25, 0.3) is 0 Å². The lowest BCUT2D eigenvalue weighted by Crippen LogP contribution is -2.58. The Balaban J connectivity index is 1.41. The summed E-state index contributed by atoms with van der Waals surface area (Å²) in [4.78, 5) is 24.0. The van der Waals surface area contributed by atoms with Gasteiger partial charge in [0, 0.05) is 6.42 Å². The summed E-state index contributed by atoms with van der Waals surface area (Å²) >= 11 is 0. The predicted octanol–water partition coefficient (Wildman–Crippen LogP) is 4.62. The fraction of sp³-hybridized carbons (Fsp3) is 0.931. The first kappa shape index (κ1) is 26.9. The normalized spacial score (nSPS) is 44.6. The summed E-state index contributed by atoms with van der Waals surface area (Å²) in [6.45, 7) is 10.8. The van der Waals surface area contributed by atoms with Crippen molar-refractivity contribution in [1.29, 1.82) is 0 Å². The van der Waals surface area contributed by atoms with Crippen LogP contribution in [0.5, 0.6) is 0 Å². The van der Waals surface area contributed by atoms with Gasteiger partial charge >= 0.3 is 5.97 Å². The highest BCUT2D eigenvalue weighted by atomic mass is 16.4. The molecular weight excluding hydrogens is 442 g/mol. The van der Waals surface area contributed by atoms with Gasteiger partial charge in [0.1, 0.15) is 6.04 Å². The molecule has 0 spiro atoms. The zero-order chi connectivity index (χ0) is 25.7. The zero-order valence-corrected chi connectivity index (χ0v) is 22.5. The monoisotopic (exact) mass is 491 g/mol. The molecule has 4 aliphatic rings. The predicted molar refractivity (Wildman–Crippen MR) is 135 cm³/mol. The smallest absolute Gasteiger partial charge is 0.326 e. The minimum atomic E-state index is -0.973. The topological polar surface area (TPSA) is 107 Å². The number of carbonyl (C=O) groups excluding carboxylic acids is 1. The Bertz CT molecular complexity index is 800. The summed E-state index contributed by atoms with van der Waals surface area (Å²) < 4.78 is 0. The second-order valence-corrected chi connectivity index (χ2v) is 13.6. The lowest BCUT2D eigenvalue weighted by molar-refractivity contribution is -0.174. The molecule has 35 heavy (non-hydrogen) atoms. The van der Waals surface area contributed by atoms with Crippen LogP contribution < -0.4 is 5.32 Å². The molecule has 0 bridgehead atoms. The third-order valence-electron chi connectivity index (χ3n) is 11.5. The highest BCUT2D eigenvalue weighted by Gasteiger charge is 2.62. The molecule has 1 amide bonds. The summed E-state index contributed by atoms with van der Waals surface area (Å²) in [6, 6.07) is -0.833. The van der Waals surface area contributed by atoms with Crippen molar-refractivity contribution in [2.24, 2.45) is 52.3 Å². The molecule has 11 unspecified atom stereocenters. The van der Waals surface area contributed by atoms with Crippen molar-refractivity contribution in [2.45, 2.75) is 117 Å². The maximum absolute atomic E-state index is 12.5. The number of fused-ring (bicyclic) bond motifs is 5. The number of aliphatic carboxylic acids is 1. The molecule has 6 heteroatoms. The number of rotatable bonds is 7. The van der Waals surface area contributed by atoms with Gasteiger partial charge in [-0.2, -0.15) is 0 Å². The molecule has 4 fully saturated rings. The van der Waals surface area contributed by atoms with Gasteiger partial charge < -0.3 is 20.6 Å². The Hall–Kier alpha value is -1.14. The summed E-state index contributed by atoms with van der Waals surface area (Å²) in [5.74, 6) is 1.51. The maximum atomic E-state index is 12.5. The Morgan fingerprint density at radius 1 is 0.943 bits per heavy atom. The summed E-state index contributed by atoms with van der Waals surface area (Å²) in [5, 5.41) is 33.8. The SMILES string of the molecule is CC(C)C(NC(=O)CCC(C)C1CCC2C3C(O)CC4CC(O)CCC4(C)C3CCC12C)C(=O)O. The van der Waals surface area contributed by atoms with Crippen LogP contribution in [-0.2, 0) is 9.59 Å². The number of amides is 1. The first-order valence-corrected chi connectivity index (χ1v) is 14.3. The van der Waals surface area contributed by atoms with E-state index in [9.17, 15) is 24.9 Å². The molecule has 4 aliphatic carbocycles. The van der Waals surface area contributed by atoms with Crippen molar-refractivity contribution in [3.05, 3.63) is 0 Å². The number of aliphatic hydroxyl groups is 2. The molecule has 6 nitrogen and oxygen atoms in total. The molecule has 11 atom stereocenters. The third kappa shape index (κ3) is 4.79. The van der Waals surface area contributed by atoms with Crippen LogP contribution in [0.1, 0.15) is 98.8 Å². The molecule has 0 saturated heterocycles. The summed E-state index contributed by atoms with van der Waals surface area (Å²) in [6.07, 6.45) is 9.00. The number of carboxylic acid groups (broad SMARTS) is 1. The quantitative estimate of drug-likeness (QED) is 0.416. The average Bonchev–Trinajstić information content (AvgIpc) is 3.13. The highest BCUT2D eigenvalue weighted by molar-refractivity contribution is 5.83. The fourth-order valence-electron chi connectivity index (χ4n) is 9.49. The average molecular weight is 492 g/mol. The van der Waals surface area contributed by atoms with E-state index in [1.165, 1.54) is 6.42 Å². The van der Waals surface area contributed by atoms with Crippen LogP contribution in [-0.4, -0.2) is 45.4 Å². The maximum Gasteiger partial charge on any atom is 0.326 e. The zero-order valence-electron chi connectivity index (χ0n) is 22.5. The van der Waals surface area contributed by atoms with Gasteiger partial charge in [-0.05, 0) is 110 Å². The number of carboxylic acids is 1. The molecule has 0 radical (unpaired) electrons. The third-order valence-corrected chi connectivity index (χ3v) is 11.5. The van der Waals surface area contributed by atoms with Crippen LogP contribution in [0.3, 0.4) is 0 Å². The van der Waals surface area contributed by atoms with Gasteiger partial charge in [-0.15, -0.1) is 0 Å². The van der Waals surface area contributed by atoms with Gasteiger partial charge in [0.05, 0.1) is 12.2 Å². The Labute approximate surface area is 211 Å². The van der Waals surface area contributed by atoms with Crippen molar-refractivity contribution in [2.75, 3.05) is 0 Å². The number of hydrogen-bond donors (Lipinski definition) is 4. The van der Waals surface area contributed by atoms with Crippen LogP contribution in [0.2, 0.25) is 0 Å². The number of aliphatic hydroxyl groups excluding tert-OH is 2. The standard InChI is InChI=1S/C29H49NO5/c1-16(2)26(27(34)35)30-24(33)9-6-17(3)20-7-8-21-25-22(11-13-29(20,21)5)28(4)12-10-19(31)14-18(28)15-23(25)32/h16-23,25-26,31-32H,6-15H2,1-5H3,(H,30,33)(H,34,35). The first-order valence-electron chi connectivity index (χ1n) is 14.3. The van der Waals surface area contributed by atoms with Gasteiger partial charge in [-0.1, -0.05) is 34.6 Å². The van der Waals surface area contributed by atoms with Crippen LogP contribution in [0, 0.1) is 52.3 Å². The van der Waals surface area contributed by atoms with Crippen molar-refractivity contribution in [3.8, 4) is 0 Å². The largest absolute Gasteiger partial charge is 0.480 e. The number of carbonyl (C=O) groups is 2. The summed E-state index contributed by atoms with van der Waals surface area (Å²) in [5.41, 5.74) is 0.431. The van der Waals surface area contributed by atoms with Gasteiger partial charge in [-0.3, -0.25) is 4.79 Å². The van der Waals surface area contributed by atoms with Crippen molar-refractivity contribution in [3.63, 3.8) is 0 Å². The van der Waals surface area contributed by atoms with Crippen molar-refractivity contribution in [1.82, 2.24) is 5.32 Å². The van der Waals surface area contributed by atoms with Crippen molar-refractivity contribution >= 4 is 11.9 Å². The molecule has 0 aromatic heterocycles. The van der Waals surface area contributed by atoms with Gasteiger partial charge in [0.15, 0.2) is 0 Å². The number of nitrogens with one attached hydrogen (secondary N) is 1. The van der Waals surface area contributed by atoms with E-state index in [-0.39, 0.29) is 34.9 Å². The molecule has 0 aromatic carbocycles. The van der Waals surface area contributed by atoms with E-state index in [1.54, 1.807) is 0 Å². The molecular formula is C29H49NO5. The fourth-order valence-corrected chi connectivity index (χ4v) is 9.49. The first-order chi connectivity index (χ1) is 16.4. The van der Waals surface area contributed by atoms with Crippen LogP contribution in [0.25, 0.3) is 0 Å². The molecule has 0 aliphatic heterocycles. The van der Waals surface area contributed by atoms with Crippen molar-refractivity contribution < 1.29 is 24.9 Å². The minimum absolute atomic E-state index is 0.144. The van der Waals surface area contributed by atoms with Gasteiger partial charge in [-0.25, -0.2) is 4.79 Å².